The van der Waals surface area contributed by atoms with Gasteiger partial charge < -0.3 is 28.2 Å². The van der Waals surface area contributed by atoms with Gasteiger partial charge >= 0.3 is 0 Å². The second kappa shape index (κ2) is 10.2. The van der Waals surface area contributed by atoms with Crippen LogP contribution in [0.25, 0.3) is 22.8 Å². The topological polar surface area (TPSA) is 85.1 Å². The Morgan fingerprint density at radius 2 is 1.35 bits per heavy atom. The van der Waals surface area contributed by atoms with E-state index in [4.69, 9.17) is 28.2 Å². The van der Waals surface area contributed by atoms with Crippen LogP contribution in [0.15, 0.2) is 59.1 Å². The molecular formula is C26H26N2O6. The first-order chi connectivity index (χ1) is 16.6. The van der Waals surface area contributed by atoms with Crippen molar-refractivity contribution in [2.45, 2.75) is 13.5 Å². The number of nitrogens with zero attached hydrogens (tertiary/aromatic N) is 2. The van der Waals surface area contributed by atoms with Crippen molar-refractivity contribution in [3.05, 3.63) is 65.7 Å². The number of ether oxygens (including phenoxy) is 5. The van der Waals surface area contributed by atoms with Crippen molar-refractivity contribution in [2.75, 3.05) is 28.4 Å². The molecule has 3 aromatic carbocycles. The first-order valence-corrected chi connectivity index (χ1v) is 10.6. The molecule has 1 heterocycles. The largest absolute Gasteiger partial charge is 0.493 e. The molecule has 8 heteroatoms. The minimum absolute atomic E-state index is 0.313. The summed E-state index contributed by atoms with van der Waals surface area (Å²) < 4.78 is 33.2. The second-order valence-electron chi connectivity index (χ2n) is 7.48. The van der Waals surface area contributed by atoms with Crippen LogP contribution in [0.2, 0.25) is 0 Å². The molecule has 176 valence electrons. The van der Waals surface area contributed by atoms with E-state index in [1.807, 2.05) is 30.3 Å². The van der Waals surface area contributed by atoms with E-state index in [9.17, 15) is 0 Å². The van der Waals surface area contributed by atoms with Crippen LogP contribution in [0.1, 0.15) is 11.1 Å². The molecule has 0 fully saturated rings. The molecule has 0 bridgehead atoms. The van der Waals surface area contributed by atoms with Crippen LogP contribution in [0.4, 0.5) is 0 Å². The lowest BCUT2D eigenvalue weighted by molar-refractivity contribution is 0.284. The Morgan fingerprint density at radius 1 is 0.706 bits per heavy atom. The molecule has 0 aliphatic rings. The van der Waals surface area contributed by atoms with E-state index in [0.717, 1.165) is 11.1 Å². The number of hydrogen-bond donors (Lipinski definition) is 0. The smallest absolute Gasteiger partial charge is 0.258 e. The van der Waals surface area contributed by atoms with Crippen LogP contribution in [0.3, 0.4) is 0 Å². The van der Waals surface area contributed by atoms with E-state index in [2.05, 4.69) is 29.2 Å². The fourth-order valence-electron chi connectivity index (χ4n) is 3.43. The fraction of sp³-hybridized carbons (Fsp3) is 0.231. The van der Waals surface area contributed by atoms with Gasteiger partial charge in [-0.1, -0.05) is 35.0 Å². The number of hydrogen-bond acceptors (Lipinski definition) is 8. The van der Waals surface area contributed by atoms with Crippen molar-refractivity contribution >= 4 is 0 Å². The van der Waals surface area contributed by atoms with E-state index in [1.165, 1.54) is 5.56 Å². The number of aromatic nitrogens is 2. The lowest BCUT2D eigenvalue weighted by atomic mass is 10.1. The molecule has 0 aliphatic heterocycles. The average Bonchev–Trinajstić information content (AvgIpc) is 3.37. The highest BCUT2D eigenvalue weighted by Crippen LogP contribution is 2.41. The van der Waals surface area contributed by atoms with Crippen LogP contribution in [-0.2, 0) is 6.61 Å². The summed E-state index contributed by atoms with van der Waals surface area (Å²) in [5, 5.41) is 4.13. The molecule has 0 saturated carbocycles. The van der Waals surface area contributed by atoms with Crippen molar-refractivity contribution in [1.29, 1.82) is 0 Å². The van der Waals surface area contributed by atoms with Crippen LogP contribution in [0.5, 0.6) is 28.7 Å². The maximum absolute atomic E-state index is 5.96. The van der Waals surface area contributed by atoms with Gasteiger partial charge in [-0.3, -0.25) is 0 Å². The summed E-state index contributed by atoms with van der Waals surface area (Å²) in [5.74, 6) is 3.39. The van der Waals surface area contributed by atoms with Crippen molar-refractivity contribution in [1.82, 2.24) is 10.1 Å². The van der Waals surface area contributed by atoms with E-state index >= 15 is 0 Å². The summed E-state index contributed by atoms with van der Waals surface area (Å²) in [6, 6.07) is 17.2. The zero-order valence-corrected chi connectivity index (χ0v) is 19.7. The lowest BCUT2D eigenvalue weighted by Gasteiger charge is -2.12. The standard InChI is InChI=1S/C26H26N2O6/c1-16-6-8-17(9-7-16)15-33-20-11-10-18(12-21(20)29-2)25-27-26(34-28-25)19-13-22(30-3)24(32-5)23(14-19)31-4/h6-14H,15H2,1-5H3. The average molecular weight is 463 g/mol. The quantitative estimate of drug-likeness (QED) is 0.330. The van der Waals surface area contributed by atoms with Gasteiger partial charge in [0.25, 0.3) is 5.89 Å². The second-order valence-corrected chi connectivity index (χ2v) is 7.48. The third-order valence-corrected chi connectivity index (χ3v) is 5.27. The van der Waals surface area contributed by atoms with Crippen LogP contribution < -0.4 is 23.7 Å². The van der Waals surface area contributed by atoms with Crippen molar-refractivity contribution < 1.29 is 28.2 Å². The molecule has 4 aromatic rings. The highest BCUT2D eigenvalue weighted by Gasteiger charge is 2.19. The van der Waals surface area contributed by atoms with Gasteiger partial charge in [-0.25, -0.2) is 0 Å². The van der Waals surface area contributed by atoms with Crippen LogP contribution in [-0.4, -0.2) is 38.6 Å². The van der Waals surface area contributed by atoms with Crippen LogP contribution >= 0.6 is 0 Å². The zero-order chi connectivity index (χ0) is 24.1. The molecule has 0 unspecified atom stereocenters. The summed E-state index contributed by atoms with van der Waals surface area (Å²) >= 11 is 0. The highest BCUT2D eigenvalue weighted by atomic mass is 16.5. The molecule has 0 amide bonds. The highest BCUT2D eigenvalue weighted by molar-refractivity contribution is 5.68. The number of methoxy groups -OCH3 is 4. The molecule has 1 aromatic heterocycles. The summed E-state index contributed by atoms with van der Waals surface area (Å²) in [5.41, 5.74) is 3.64. The summed E-state index contributed by atoms with van der Waals surface area (Å²) in [6.07, 6.45) is 0. The molecule has 34 heavy (non-hydrogen) atoms. The van der Waals surface area contributed by atoms with Gasteiger partial charge in [-0.2, -0.15) is 4.98 Å². The Balaban J connectivity index is 1.58. The van der Waals surface area contributed by atoms with Gasteiger partial charge in [0.05, 0.1) is 28.4 Å². The van der Waals surface area contributed by atoms with E-state index in [0.29, 0.717) is 52.6 Å². The van der Waals surface area contributed by atoms with E-state index in [-0.39, 0.29) is 0 Å². The molecule has 0 aliphatic carbocycles. The van der Waals surface area contributed by atoms with Crippen molar-refractivity contribution in [2.24, 2.45) is 0 Å². The third-order valence-electron chi connectivity index (χ3n) is 5.27. The number of benzene rings is 3. The SMILES string of the molecule is COc1cc(-c2noc(-c3cc(OC)c(OC)c(OC)c3)n2)ccc1OCc1ccc(C)cc1. The molecule has 0 atom stereocenters. The summed E-state index contributed by atoms with van der Waals surface area (Å²) in [6.45, 7) is 2.49. The van der Waals surface area contributed by atoms with E-state index in [1.54, 1.807) is 40.6 Å². The van der Waals surface area contributed by atoms with Gasteiger partial charge in [0.1, 0.15) is 6.61 Å². The van der Waals surface area contributed by atoms with Gasteiger partial charge in [0, 0.05) is 11.1 Å². The monoisotopic (exact) mass is 462 g/mol. The van der Waals surface area contributed by atoms with Crippen molar-refractivity contribution in [3.63, 3.8) is 0 Å². The Labute approximate surface area is 198 Å². The first-order valence-electron chi connectivity index (χ1n) is 10.6. The molecule has 8 nitrogen and oxygen atoms in total. The molecular weight excluding hydrogens is 436 g/mol. The predicted octanol–water partition coefficient (Wildman–Crippen LogP) is 5.33. The Bertz CT molecular complexity index is 1240. The fourth-order valence-corrected chi connectivity index (χ4v) is 3.43. The first kappa shape index (κ1) is 23.0. The molecule has 0 radical (unpaired) electrons. The third kappa shape index (κ3) is 4.76. The molecule has 0 saturated heterocycles. The maximum Gasteiger partial charge on any atom is 0.258 e. The Morgan fingerprint density at radius 3 is 1.97 bits per heavy atom. The number of aryl methyl sites for hydroxylation is 1. The van der Waals surface area contributed by atoms with Crippen molar-refractivity contribution in [3.8, 4) is 51.6 Å². The van der Waals surface area contributed by atoms with Gasteiger partial charge in [0.2, 0.25) is 11.6 Å². The van der Waals surface area contributed by atoms with Gasteiger partial charge in [-0.05, 0) is 42.8 Å². The zero-order valence-electron chi connectivity index (χ0n) is 19.7. The minimum atomic E-state index is 0.313. The minimum Gasteiger partial charge on any atom is -0.493 e. The molecule has 0 N–H and O–H groups in total. The Hall–Kier alpha value is -4.20. The maximum atomic E-state index is 5.96. The van der Waals surface area contributed by atoms with E-state index < -0.39 is 0 Å². The van der Waals surface area contributed by atoms with Gasteiger partial charge in [0.15, 0.2) is 23.0 Å². The number of rotatable bonds is 9. The van der Waals surface area contributed by atoms with Gasteiger partial charge in [-0.15, -0.1) is 0 Å². The summed E-state index contributed by atoms with van der Waals surface area (Å²) in [7, 11) is 6.24. The predicted molar refractivity (Wildman–Crippen MR) is 127 cm³/mol. The Kier molecular flexibility index (Phi) is 6.87. The summed E-state index contributed by atoms with van der Waals surface area (Å²) in [4.78, 5) is 4.54. The molecule has 0 spiro atoms. The molecule has 4 rings (SSSR count). The lowest BCUT2D eigenvalue weighted by Crippen LogP contribution is -1.98. The van der Waals surface area contributed by atoms with Crippen LogP contribution in [0, 0.1) is 6.92 Å². The normalized spacial score (nSPS) is 10.6.